The fourth-order valence-corrected chi connectivity index (χ4v) is 8.28. The maximum Gasteiger partial charge on any atom is 0.306 e. The fraction of sp³-hybridized carbons (Fsp3) is 0.900. The zero-order valence-electron chi connectivity index (χ0n) is 38.4. The number of rotatable bonds is 45. The second kappa shape index (κ2) is 39.6. The van der Waals surface area contributed by atoms with Crippen LogP contribution in [-0.2, 0) is 9.53 Å². The lowest BCUT2D eigenvalue weighted by molar-refractivity contribution is -0.150. The van der Waals surface area contributed by atoms with Gasteiger partial charge in [-0.15, -0.1) is 0 Å². The Kier molecular flexibility index (Phi) is 36.9. The van der Waals surface area contributed by atoms with Gasteiger partial charge in [-0.1, -0.05) is 188 Å². The molecule has 334 valence electrons. The monoisotopic (exact) mass is 802 g/mol. The highest BCUT2D eigenvalue weighted by Gasteiger charge is 2.19. The average Bonchev–Trinajstić information content (AvgIpc) is 3.21. The third-order valence-electron chi connectivity index (χ3n) is 12.1. The average molecular weight is 802 g/mol. The van der Waals surface area contributed by atoms with Crippen LogP contribution in [0.3, 0.4) is 0 Å². The van der Waals surface area contributed by atoms with Gasteiger partial charge in [-0.3, -0.25) is 14.4 Å². The highest BCUT2D eigenvalue weighted by molar-refractivity contribution is 5.73. The molecule has 0 aromatic heterocycles. The number of carbonyl (C=O) groups is 1. The summed E-state index contributed by atoms with van der Waals surface area (Å²) in [6.07, 6.45) is 45.2. The molecular weight excluding hydrogens is 707 g/mol. The van der Waals surface area contributed by atoms with Gasteiger partial charge in [0, 0.05) is 20.0 Å². The van der Waals surface area contributed by atoms with Crippen molar-refractivity contribution in [1.82, 2.24) is 4.90 Å². The Balaban J connectivity index is 2.34. The van der Waals surface area contributed by atoms with Gasteiger partial charge >= 0.3 is 5.97 Å². The van der Waals surface area contributed by atoms with E-state index in [2.05, 4.69) is 36.3 Å². The highest BCUT2D eigenvalue weighted by atomic mass is 16.5. The van der Waals surface area contributed by atoms with Crippen LogP contribution in [0, 0.1) is 0 Å². The van der Waals surface area contributed by atoms with E-state index in [1.54, 1.807) is 7.05 Å². The molecular formula is C50H95N3O4. The topological polar surface area (TPSA) is 87.7 Å². The van der Waals surface area contributed by atoms with Gasteiger partial charge in [0.15, 0.2) is 0 Å². The molecule has 0 aliphatic carbocycles. The van der Waals surface area contributed by atoms with E-state index in [4.69, 9.17) is 4.74 Å². The molecule has 0 radical (unpaired) electrons. The SMILES string of the molecule is CCCCCCCCCCCCCCCCN(CCCCCCCC(=O)OC(CCCCCCCC)CCCCCCCC)CCCCNc1c(NC)c(=O)c1=O. The maximum absolute atomic E-state index is 12.8. The van der Waals surface area contributed by atoms with E-state index < -0.39 is 10.9 Å². The minimum Gasteiger partial charge on any atom is -0.462 e. The number of hydrogen-bond donors (Lipinski definition) is 2. The van der Waals surface area contributed by atoms with Crippen molar-refractivity contribution in [2.45, 2.75) is 258 Å². The first kappa shape index (κ1) is 53.1. The molecule has 1 aromatic carbocycles. The number of unbranched alkanes of at least 4 members (excludes halogenated alkanes) is 28. The summed E-state index contributed by atoms with van der Waals surface area (Å²) in [7, 11) is 1.69. The summed E-state index contributed by atoms with van der Waals surface area (Å²) in [5.41, 5.74) is 0.0704. The molecule has 0 atom stereocenters. The molecule has 7 heteroatoms. The molecule has 0 fully saturated rings. The van der Waals surface area contributed by atoms with E-state index in [9.17, 15) is 14.4 Å². The van der Waals surface area contributed by atoms with Crippen molar-refractivity contribution < 1.29 is 9.53 Å². The van der Waals surface area contributed by atoms with Crippen LogP contribution in [0.15, 0.2) is 9.59 Å². The van der Waals surface area contributed by atoms with Crippen molar-refractivity contribution in [3.05, 3.63) is 20.4 Å². The number of anilines is 2. The molecule has 7 nitrogen and oxygen atoms in total. The Hall–Kier alpha value is -1.89. The first-order valence-electron chi connectivity index (χ1n) is 25.1. The Bertz CT molecular complexity index is 1080. The summed E-state index contributed by atoms with van der Waals surface area (Å²) in [5, 5.41) is 6.04. The van der Waals surface area contributed by atoms with Gasteiger partial charge in [0.2, 0.25) is 0 Å². The number of nitrogens with zero attached hydrogens (tertiary/aromatic N) is 1. The van der Waals surface area contributed by atoms with Crippen LogP contribution >= 0.6 is 0 Å². The van der Waals surface area contributed by atoms with Crippen LogP contribution in [0.1, 0.15) is 252 Å². The predicted octanol–water partition coefficient (Wildman–Crippen LogP) is 14.1. The molecule has 0 saturated carbocycles. The third-order valence-corrected chi connectivity index (χ3v) is 12.1. The normalized spacial score (nSPS) is 11.7. The van der Waals surface area contributed by atoms with Gasteiger partial charge in [0.25, 0.3) is 10.9 Å². The van der Waals surface area contributed by atoms with Gasteiger partial charge in [0.1, 0.15) is 17.5 Å². The maximum atomic E-state index is 12.8. The van der Waals surface area contributed by atoms with E-state index in [0.717, 1.165) is 58.2 Å². The van der Waals surface area contributed by atoms with E-state index >= 15 is 0 Å². The van der Waals surface area contributed by atoms with Gasteiger partial charge in [0.05, 0.1) is 0 Å². The van der Waals surface area contributed by atoms with Crippen LogP contribution in [-0.4, -0.2) is 50.2 Å². The first-order valence-corrected chi connectivity index (χ1v) is 25.1. The standard InChI is InChI=1S/C50H95N3O4/c1-5-8-11-14-17-18-19-20-21-22-23-24-29-35-42-53(44-37-34-41-52-48-47(51-4)49(55)50(48)56)43-36-30-25-28-33-40-46(54)57-45(38-31-26-15-12-9-6-2)39-32-27-16-13-10-7-3/h45,51-52H,5-44H2,1-4H3. The zero-order chi connectivity index (χ0) is 41.4. The van der Waals surface area contributed by atoms with Crippen LogP contribution in [0.25, 0.3) is 0 Å². The van der Waals surface area contributed by atoms with Crippen molar-refractivity contribution in [2.75, 3.05) is 43.9 Å². The summed E-state index contributed by atoms with van der Waals surface area (Å²) in [4.78, 5) is 39.1. The van der Waals surface area contributed by atoms with E-state index in [0.29, 0.717) is 24.3 Å². The van der Waals surface area contributed by atoms with Gasteiger partial charge in [-0.05, 0) is 77.4 Å². The quantitative estimate of drug-likeness (QED) is 0.0386. The number of carbonyl (C=O) groups excluding carboxylic acids is 1. The molecule has 1 aromatic rings. The van der Waals surface area contributed by atoms with Crippen LogP contribution in [0.4, 0.5) is 11.4 Å². The number of esters is 1. The molecule has 1 rings (SSSR count). The van der Waals surface area contributed by atoms with Crippen LogP contribution < -0.4 is 21.5 Å². The van der Waals surface area contributed by atoms with Crippen LogP contribution in [0.5, 0.6) is 0 Å². The lowest BCUT2D eigenvalue weighted by Gasteiger charge is -2.22. The predicted molar refractivity (Wildman–Crippen MR) is 249 cm³/mol. The van der Waals surface area contributed by atoms with E-state index in [-0.39, 0.29) is 12.1 Å². The van der Waals surface area contributed by atoms with Crippen molar-refractivity contribution in [2.24, 2.45) is 0 Å². The summed E-state index contributed by atoms with van der Waals surface area (Å²) >= 11 is 0. The Morgan fingerprint density at radius 3 is 1.25 bits per heavy atom. The fourth-order valence-electron chi connectivity index (χ4n) is 8.28. The van der Waals surface area contributed by atoms with Gasteiger partial charge in [-0.2, -0.15) is 0 Å². The molecule has 0 unspecified atom stereocenters. The highest BCUT2D eigenvalue weighted by Crippen LogP contribution is 2.19. The third kappa shape index (κ3) is 29.9. The molecule has 0 heterocycles. The number of ether oxygens (including phenoxy) is 1. The second-order valence-electron chi connectivity index (χ2n) is 17.5. The summed E-state index contributed by atoms with van der Waals surface area (Å²) in [5.74, 6) is 0.0255. The lowest BCUT2D eigenvalue weighted by Crippen LogP contribution is -2.37. The van der Waals surface area contributed by atoms with Crippen molar-refractivity contribution in [1.29, 1.82) is 0 Å². The van der Waals surface area contributed by atoms with E-state index in [1.807, 2.05) is 0 Å². The minimum atomic E-state index is -0.412. The summed E-state index contributed by atoms with van der Waals surface area (Å²) < 4.78 is 6.08. The molecule has 57 heavy (non-hydrogen) atoms. The summed E-state index contributed by atoms with van der Waals surface area (Å²) in [6, 6.07) is 0. The molecule has 0 spiro atoms. The minimum absolute atomic E-state index is 0.0255. The zero-order valence-corrected chi connectivity index (χ0v) is 38.4. The second-order valence-corrected chi connectivity index (χ2v) is 17.5. The molecule has 0 aliphatic rings. The van der Waals surface area contributed by atoms with E-state index in [1.165, 1.54) is 186 Å². The molecule has 0 amide bonds. The molecule has 0 bridgehead atoms. The molecule has 0 saturated heterocycles. The molecule has 2 N–H and O–H groups in total. The largest absolute Gasteiger partial charge is 0.462 e. The Morgan fingerprint density at radius 2 is 0.825 bits per heavy atom. The molecule has 0 aliphatic heterocycles. The van der Waals surface area contributed by atoms with Gasteiger partial charge < -0.3 is 20.3 Å². The van der Waals surface area contributed by atoms with Crippen molar-refractivity contribution in [3.63, 3.8) is 0 Å². The van der Waals surface area contributed by atoms with Crippen molar-refractivity contribution >= 4 is 17.3 Å². The summed E-state index contributed by atoms with van der Waals surface area (Å²) in [6.45, 7) is 10.9. The lowest BCUT2D eigenvalue weighted by atomic mass is 10.0. The van der Waals surface area contributed by atoms with Crippen molar-refractivity contribution in [3.8, 4) is 0 Å². The smallest absolute Gasteiger partial charge is 0.306 e. The number of nitrogens with one attached hydrogen (secondary N) is 2. The first-order chi connectivity index (χ1) is 28.0. The van der Waals surface area contributed by atoms with Crippen LogP contribution in [0.2, 0.25) is 0 Å². The Labute approximate surface area is 353 Å². The van der Waals surface area contributed by atoms with Gasteiger partial charge in [-0.25, -0.2) is 0 Å². The Morgan fingerprint density at radius 1 is 0.474 bits per heavy atom. The number of hydrogen-bond acceptors (Lipinski definition) is 7.